The summed E-state index contributed by atoms with van der Waals surface area (Å²) in [6, 6.07) is 36.8. The van der Waals surface area contributed by atoms with E-state index in [1.165, 1.54) is 0 Å². The van der Waals surface area contributed by atoms with Gasteiger partial charge in [-0.3, -0.25) is 0 Å². The van der Waals surface area contributed by atoms with Crippen LogP contribution in [0.1, 0.15) is 50.9 Å². The molecule has 8 rings (SSSR count). The van der Waals surface area contributed by atoms with Crippen molar-refractivity contribution in [2.75, 3.05) is 19.8 Å². The van der Waals surface area contributed by atoms with Crippen molar-refractivity contribution in [2.45, 2.75) is 75.8 Å². The third-order valence-corrected chi connectivity index (χ3v) is 10.8. The summed E-state index contributed by atoms with van der Waals surface area (Å²) in [7, 11) is 0. The SMILES string of the molecule is OC1(c2cc(Cc3ccc4c(c3)CCCO4)c(Cl)c3c2OCC3)O[C@H](COCc2ccccc2)[C@@H](F)[C@H](OCc2ccccc2)[C@H]1OCc1ccccc1. The molecule has 0 aliphatic carbocycles. The molecule has 9 heteroatoms. The number of rotatable bonds is 13. The van der Waals surface area contributed by atoms with Crippen molar-refractivity contribution >= 4 is 11.6 Å². The summed E-state index contributed by atoms with van der Waals surface area (Å²) < 4.78 is 54.7. The molecule has 5 atom stereocenters. The molecule has 3 aliphatic heterocycles. The number of alkyl halides is 1. The second-order valence-corrected chi connectivity index (χ2v) is 14.5. The van der Waals surface area contributed by atoms with Crippen LogP contribution in [0.4, 0.5) is 4.39 Å². The molecule has 5 aromatic rings. The second kappa shape index (κ2) is 16.6. The molecular weight excluding hydrogens is 707 g/mol. The Hall–Kier alpha value is -4.28. The number of halogens is 2. The van der Waals surface area contributed by atoms with E-state index in [-0.39, 0.29) is 26.4 Å². The summed E-state index contributed by atoms with van der Waals surface area (Å²) in [6.45, 7) is 1.35. The maximum absolute atomic E-state index is 17.0. The van der Waals surface area contributed by atoms with Gasteiger partial charge in [0.1, 0.15) is 29.8 Å². The zero-order chi connectivity index (χ0) is 36.9. The third-order valence-electron chi connectivity index (χ3n) is 10.4. The van der Waals surface area contributed by atoms with Gasteiger partial charge in [0.25, 0.3) is 0 Å². The van der Waals surface area contributed by atoms with Gasteiger partial charge < -0.3 is 33.5 Å². The van der Waals surface area contributed by atoms with E-state index in [0.29, 0.717) is 42.4 Å². The number of aryl methyl sites for hydroxylation is 1. The minimum atomic E-state index is -2.23. The summed E-state index contributed by atoms with van der Waals surface area (Å²) in [5.74, 6) is -0.900. The van der Waals surface area contributed by atoms with Crippen LogP contribution in [0, 0.1) is 0 Å². The smallest absolute Gasteiger partial charge is 0.226 e. The molecule has 5 aromatic carbocycles. The zero-order valence-electron chi connectivity index (χ0n) is 30.0. The first-order valence-corrected chi connectivity index (χ1v) is 19.0. The van der Waals surface area contributed by atoms with Crippen molar-refractivity contribution < 1.29 is 37.9 Å². The number of fused-ring (bicyclic) bond motifs is 2. The van der Waals surface area contributed by atoms with Crippen molar-refractivity contribution in [1.29, 1.82) is 0 Å². The maximum atomic E-state index is 17.0. The quantitative estimate of drug-likeness (QED) is 0.130. The van der Waals surface area contributed by atoms with Crippen molar-refractivity contribution in [3.8, 4) is 11.5 Å². The van der Waals surface area contributed by atoms with Crippen LogP contribution in [-0.4, -0.2) is 49.4 Å². The average molecular weight is 751 g/mol. The Balaban J connectivity index is 1.19. The molecule has 1 unspecified atom stereocenters. The normalized spacial score (nSPS) is 23.2. The van der Waals surface area contributed by atoms with Gasteiger partial charge in [-0.05, 0) is 64.8 Å². The minimum Gasteiger partial charge on any atom is -0.493 e. The van der Waals surface area contributed by atoms with Crippen LogP contribution in [-0.2, 0) is 63.8 Å². The van der Waals surface area contributed by atoms with Gasteiger partial charge in [-0.2, -0.15) is 0 Å². The van der Waals surface area contributed by atoms with E-state index in [1.807, 2.05) is 109 Å². The Bertz CT molecular complexity index is 2010. The molecular formula is C45H44ClFO7. The first kappa shape index (κ1) is 36.7. The highest BCUT2D eigenvalue weighted by Gasteiger charge is 2.58. The van der Waals surface area contributed by atoms with Crippen LogP contribution < -0.4 is 9.47 Å². The van der Waals surface area contributed by atoms with Crippen LogP contribution in [0.3, 0.4) is 0 Å². The van der Waals surface area contributed by atoms with E-state index >= 15 is 4.39 Å². The largest absolute Gasteiger partial charge is 0.493 e. The lowest BCUT2D eigenvalue weighted by molar-refractivity contribution is -0.367. The Morgan fingerprint density at radius 3 is 2.11 bits per heavy atom. The highest BCUT2D eigenvalue weighted by atomic mass is 35.5. The lowest BCUT2D eigenvalue weighted by Crippen LogP contribution is -2.64. The molecule has 1 saturated heterocycles. The first-order chi connectivity index (χ1) is 26.5. The fourth-order valence-corrected chi connectivity index (χ4v) is 7.93. The average Bonchev–Trinajstić information content (AvgIpc) is 3.71. The molecule has 1 N–H and O–H groups in total. The van der Waals surface area contributed by atoms with E-state index in [9.17, 15) is 5.11 Å². The fraction of sp³-hybridized carbons (Fsp3) is 0.333. The molecule has 0 bridgehead atoms. The Kier molecular flexibility index (Phi) is 11.3. The molecule has 1 fully saturated rings. The van der Waals surface area contributed by atoms with Crippen molar-refractivity contribution in [3.05, 3.63) is 165 Å². The molecule has 54 heavy (non-hydrogen) atoms. The number of hydrogen-bond donors (Lipinski definition) is 1. The van der Waals surface area contributed by atoms with E-state index in [0.717, 1.165) is 57.5 Å². The van der Waals surface area contributed by atoms with Crippen molar-refractivity contribution in [1.82, 2.24) is 0 Å². The molecule has 3 heterocycles. The van der Waals surface area contributed by atoms with Gasteiger partial charge in [0, 0.05) is 12.0 Å². The highest BCUT2D eigenvalue weighted by Crippen LogP contribution is 2.49. The number of aliphatic hydroxyl groups is 1. The van der Waals surface area contributed by atoms with Gasteiger partial charge in [-0.25, -0.2) is 4.39 Å². The predicted octanol–water partition coefficient (Wildman–Crippen LogP) is 8.46. The standard InChI is InChI=1S/C45H44ClFO7/c46-40-35(24-33-18-19-38-34(23-33)17-10-21-50-38)25-37(42-36(40)20-22-51-42)45(48)44(53-28-32-15-8-3-9-16-32)43(52-27-31-13-6-2-7-14-31)41(47)39(54-45)29-49-26-30-11-4-1-5-12-30/h1-9,11-16,18-19,23,25,39,41,43-44,48H,10,17,20-22,24,26-29H2/t39-,41-,43+,44-,45?/m1/s1. The third kappa shape index (κ3) is 7.91. The van der Waals surface area contributed by atoms with Crippen LogP contribution >= 0.6 is 11.6 Å². The van der Waals surface area contributed by atoms with Gasteiger partial charge in [0.15, 0.2) is 6.17 Å². The fourth-order valence-electron chi connectivity index (χ4n) is 7.63. The minimum absolute atomic E-state index is 0.0744. The second-order valence-electron chi connectivity index (χ2n) is 14.2. The summed E-state index contributed by atoms with van der Waals surface area (Å²) >= 11 is 7.14. The number of hydrogen-bond acceptors (Lipinski definition) is 7. The van der Waals surface area contributed by atoms with Gasteiger partial charge in [0.05, 0.1) is 50.2 Å². The van der Waals surface area contributed by atoms with E-state index in [1.54, 1.807) is 0 Å². The van der Waals surface area contributed by atoms with Crippen molar-refractivity contribution in [2.24, 2.45) is 0 Å². The molecule has 3 aliphatic rings. The van der Waals surface area contributed by atoms with Gasteiger partial charge in [0.2, 0.25) is 5.79 Å². The monoisotopic (exact) mass is 750 g/mol. The van der Waals surface area contributed by atoms with Crippen LogP contribution in [0.25, 0.3) is 0 Å². The first-order valence-electron chi connectivity index (χ1n) is 18.7. The summed E-state index contributed by atoms with van der Waals surface area (Å²) in [6.07, 6.45) is -2.57. The summed E-state index contributed by atoms with van der Waals surface area (Å²) in [5.41, 5.74) is 6.72. The summed E-state index contributed by atoms with van der Waals surface area (Å²) in [5, 5.41) is 13.7. The number of ether oxygens (including phenoxy) is 6. The molecule has 7 nitrogen and oxygen atoms in total. The molecule has 0 radical (unpaired) electrons. The predicted molar refractivity (Wildman–Crippen MR) is 204 cm³/mol. The lowest BCUT2D eigenvalue weighted by atomic mass is 9.85. The van der Waals surface area contributed by atoms with Crippen molar-refractivity contribution in [3.63, 3.8) is 0 Å². The van der Waals surface area contributed by atoms with E-state index in [4.69, 9.17) is 40.0 Å². The maximum Gasteiger partial charge on any atom is 0.226 e. The molecule has 0 spiro atoms. The number of benzene rings is 5. The van der Waals surface area contributed by atoms with Gasteiger partial charge >= 0.3 is 0 Å². The van der Waals surface area contributed by atoms with Crippen LogP contribution in [0.15, 0.2) is 115 Å². The van der Waals surface area contributed by atoms with E-state index < -0.39 is 30.3 Å². The topological polar surface area (TPSA) is 75.6 Å². The molecule has 0 aromatic heterocycles. The van der Waals surface area contributed by atoms with Gasteiger partial charge in [-0.15, -0.1) is 0 Å². The van der Waals surface area contributed by atoms with Crippen LogP contribution in [0.5, 0.6) is 11.5 Å². The lowest BCUT2D eigenvalue weighted by Gasteiger charge is -2.48. The zero-order valence-corrected chi connectivity index (χ0v) is 30.8. The van der Waals surface area contributed by atoms with Crippen LogP contribution in [0.2, 0.25) is 5.02 Å². The Morgan fingerprint density at radius 1 is 0.741 bits per heavy atom. The van der Waals surface area contributed by atoms with Gasteiger partial charge in [-0.1, -0.05) is 115 Å². The molecule has 280 valence electrons. The Morgan fingerprint density at radius 2 is 1.41 bits per heavy atom. The van der Waals surface area contributed by atoms with E-state index in [2.05, 4.69) is 6.07 Å². The Labute approximate surface area is 320 Å². The summed E-state index contributed by atoms with van der Waals surface area (Å²) in [4.78, 5) is 0. The molecule has 0 amide bonds. The highest BCUT2D eigenvalue weighted by molar-refractivity contribution is 6.32. The molecule has 0 saturated carbocycles.